The van der Waals surface area contributed by atoms with Crippen molar-refractivity contribution < 1.29 is 4.79 Å². The average molecular weight is 494 g/mol. The number of fused-ring (bicyclic) bond motifs is 1. The fourth-order valence-electron chi connectivity index (χ4n) is 4.07. The number of aromatic nitrogens is 5. The summed E-state index contributed by atoms with van der Waals surface area (Å²) in [5.41, 5.74) is 4.01. The summed E-state index contributed by atoms with van der Waals surface area (Å²) >= 11 is 3.38. The molecular weight excluding hydrogens is 470 g/mol. The van der Waals surface area contributed by atoms with Crippen molar-refractivity contribution in [2.45, 2.75) is 25.7 Å². The number of aryl methyl sites for hydroxylation is 1. The number of nitrogens with one attached hydrogen (secondary N) is 1. The van der Waals surface area contributed by atoms with Gasteiger partial charge in [-0.2, -0.15) is 10.2 Å². The number of amides is 1. The SMILES string of the molecule is Cc1ccc(-n2nc(C3CCN(C)CC3)cc2NC(=O)c2cnn3cc(Br)cnc23)cc1. The molecule has 0 saturated carbocycles. The first-order chi connectivity index (χ1) is 15.5. The Morgan fingerprint density at radius 2 is 1.91 bits per heavy atom. The van der Waals surface area contributed by atoms with Gasteiger partial charge in [-0.1, -0.05) is 17.7 Å². The van der Waals surface area contributed by atoms with Gasteiger partial charge in [0.05, 0.1) is 22.1 Å². The molecule has 3 aromatic heterocycles. The van der Waals surface area contributed by atoms with E-state index in [1.165, 1.54) is 11.8 Å². The van der Waals surface area contributed by atoms with Crippen molar-refractivity contribution in [3.63, 3.8) is 0 Å². The van der Waals surface area contributed by atoms with E-state index >= 15 is 0 Å². The highest BCUT2D eigenvalue weighted by atomic mass is 79.9. The number of nitrogens with zero attached hydrogens (tertiary/aromatic N) is 6. The second kappa shape index (κ2) is 8.48. The zero-order valence-corrected chi connectivity index (χ0v) is 19.6. The highest BCUT2D eigenvalue weighted by Crippen LogP contribution is 2.30. The lowest BCUT2D eigenvalue weighted by Gasteiger charge is -2.27. The van der Waals surface area contributed by atoms with Crippen LogP contribution in [0.2, 0.25) is 0 Å². The standard InChI is InChI=1S/C23H24BrN7O/c1-15-3-5-18(6-4-15)31-21(11-20(28-31)16-7-9-29(2)10-8-16)27-23(32)19-13-26-30-14-17(24)12-25-22(19)30/h3-6,11-14,16H,7-10H2,1-2H3,(H,27,32). The monoisotopic (exact) mass is 493 g/mol. The molecule has 9 heteroatoms. The zero-order valence-electron chi connectivity index (χ0n) is 18.0. The van der Waals surface area contributed by atoms with Crippen LogP contribution >= 0.6 is 15.9 Å². The number of hydrogen-bond donors (Lipinski definition) is 1. The van der Waals surface area contributed by atoms with Crippen LogP contribution in [-0.2, 0) is 0 Å². The van der Waals surface area contributed by atoms with Gasteiger partial charge in [0.1, 0.15) is 11.4 Å². The van der Waals surface area contributed by atoms with E-state index in [-0.39, 0.29) is 5.91 Å². The van der Waals surface area contributed by atoms with Gasteiger partial charge in [0.25, 0.3) is 5.91 Å². The number of likely N-dealkylation sites (tertiary alicyclic amines) is 1. The fourth-order valence-corrected chi connectivity index (χ4v) is 4.37. The van der Waals surface area contributed by atoms with Crippen LogP contribution in [0.15, 0.2) is 53.4 Å². The molecule has 4 heterocycles. The first-order valence-electron chi connectivity index (χ1n) is 10.6. The number of rotatable bonds is 4. The summed E-state index contributed by atoms with van der Waals surface area (Å²) in [7, 11) is 2.15. The minimum absolute atomic E-state index is 0.266. The third-order valence-corrected chi connectivity index (χ3v) is 6.36. The van der Waals surface area contributed by atoms with Gasteiger partial charge >= 0.3 is 0 Å². The molecular formula is C23H24BrN7O. The molecule has 32 heavy (non-hydrogen) atoms. The van der Waals surface area contributed by atoms with Crippen LogP contribution in [0.3, 0.4) is 0 Å². The molecule has 5 rings (SSSR count). The number of hydrogen-bond acceptors (Lipinski definition) is 5. The molecule has 0 spiro atoms. The minimum Gasteiger partial charge on any atom is -0.306 e. The summed E-state index contributed by atoms with van der Waals surface area (Å²) in [6.07, 6.45) is 7.08. The van der Waals surface area contributed by atoms with Crippen molar-refractivity contribution in [2.24, 2.45) is 0 Å². The Bertz CT molecular complexity index is 1270. The number of anilines is 1. The molecule has 8 nitrogen and oxygen atoms in total. The molecule has 0 atom stereocenters. The van der Waals surface area contributed by atoms with Gasteiger partial charge in [0.2, 0.25) is 0 Å². The molecule has 164 valence electrons. The van der Waals surface area contributed by atoms with Crippen molar-refractivity contribution in [1.29, 1.82) is 0 Å². The summed E-state index contributed by atoms with van der Waals surface area (Å²) in [5, 5.41) is 12.2. The van der Waals surface area contributed by atoms with Crippen LogP contribution in [0.1, 0.15) is 40.4 Å². The molecule has 1 N–H and O–H groups in total. The van der Waals surface area contributed by atoms with E-state index in [2.05, 4.69) is 50.2 Å². The molecule has 4 aromatic rings. The predicted octanol–water partition coefficient (Wildman–Crippen LogP) is 4.05. The van der Waals surface area contributed by atoms with Crippen molar-refractivity contribution in [3.8, 4) is 5.69 Å². The average Bonchev–Trinajstić information content (AvgIpc) is 3.39. The summed E-state index contributed by atoms with van der Waals surface area (Å²) in [5.74, 6) is 0.756. The lowest BCUT2D eigenvalue weighted by molar-refractivity contribution is 0.102. The van der Waals surface area contributed by atoms with Gasteiger partial charge in [-0.3, -0.25) is 4.79 Å². The first-order valence-corrected chi connectivity index (χ1v) is 11.4. The molecule has 0 radical (unpaired) electrons. The normalized spacial score (nSPS) is 15.3. The second-order valence-corrected chi connectivity index (χ2v) is 9.25. The highest BCUT2D eigenvalue weighted by Gasteiger charge is 2.24. The topological polar surface area (TPSA) is 80.4 Å². The predicted molar refractivity (Wildman–Crippen MR) is 126 cm³/mol. The van der Waals surface area contributed by atoms with Crippen molar-refractivity contribution in [1.82, 2.24) is 29.3 Å². The smallest absolute Gasteiger partial charge is 0.262 e. The lowest BCUT2D eigenvalue weighted by atomic mass is 9.94. The van der Waals surface area contributed by atoms with E-state index in [1.807, 2.05) is 35.0 Å². The molecule has 1 aliphatic rings. The third kappa shape index (κ3) is 4.05. The lowest BCUT2D eigenvalue weighted by Crippen LogP contribution is -2.29. The molecule has 1 fully saturated rings. The van der Waals surface area contributed by atoms with Gasteiger partial charge in [0.15, 0.2) is 5.65 Å². The fraction of sp³-hybridized carbons (Fsp3) is 0.304. The van der Waals surface area contributed by atoms with Crippen molar-refractivity contribution in [3.05, 3.63) is 70.2 Å². The van der Waals surface area contributed by atoms with Crippen LogP contribution in [0, 0.1) is 6.92 Å². The minimum atomic E-state index is -0.266. The Morgan fingerprint density at radius 1 is 1.16 bits per heavy atom. The Hall–Kier alpha value is -3.04. The van der Waals surface area contributed by atoms with E-state index in [4.69, 9.17) is 5.10 Å². The quantitative estimate of drug-likeness (QED) is 0.463. The largest absolute Gasteiger partial charge is 0.306 e. The van der Waals surface area contributed by atoms with E-state index in [9.17, 15) is 4.79 Å². The van der Waals surface area contributed by atoms with Crippen molar-refractivity contribution >= 4 is 33.3 Å². The van der Waals surface area contributed by atoms with E-state index in [0.29, 0.717) is 22.9 Å². The van der Waals surface area contributed by atoms with Crippen LogP contribution in [-0.4, -0.2) is 55.3 Å². The van der Waals surface area contributed by atoms with Gasteiger partial charge in [-0.25, -0.2) is 14.2 Å². The van der Waals surface area contributed by atoms with Crippen LogP contribution in [0.25, 0.3) is 11.3 Å². The Labute approximate surface area is 194 Å². The molecule has 0 aliphatic carbocycles. The molecule has 1 aliphatic heterocycles. The van der Waals surface area contributed by atoms with Gasteiger partial charge in [0, 0.05) is 24.4 Å². The molecule has 1 aromatic carbocycles. The Balaban J connectivity index is 1.49. The summed E-state index contributed by atoms with van der Waals surface area (Å²) in [6.45, 7) is 4.15. The maximum atomic E-state index is 13.2. The Kier molecular flexibility index (Phi) is 5.52. The second-order valence-electron chi connectivity index (χ2n) is 8.33. The van der Waals surface area contributed by atoms with Gasteiger partial charge < -0.3 is 10.2 Å². The van der Waals surface area contributed by atoms with E-state index in [0.717, 1.165) is 41.8 Å². The molecule has 0 bridgehead atoms. The number of halogens is 1. The number of carbonyl (C=O) groups excluding carboxylic acids is 1. The van der Waals surface area contributed by atoms with Crippen molar-refractivity contribution in [2.75, 3.05) is 25.5 Å². The molecule has 1 amide bonds. The summed E-state index contributed by atoms with van der Waals surface area (Å²) < 4.78 is 4.20. The highest BCUT2D eigenvalue weighted by molar-refractivity contribution is 9.10. The van der Waals surface area contributed by atoms with E-state index < -0.39 is 0 Å². The summed E-state index contributed by atoms with van der Waals surface area (Å²) in [4.78, 5) is 19.9. The number of piperidine rings is 1. The van der Waals surface area contributed by atoms with Gasteiger partial charge in [-0.15, -0.1) is 0 Å². The number of benzene rings is 1. The molecule has 1 saturated heterocycles. The zero-order chi connectivity index (χ0) is 22.2. The van der Waals surface area contributed by atoms with Gasteiger partial charge in [-0.05, 0) is 68.0 Å². The third-order valence-electron chi connectivity index (χ3n) is 5.95. The summed E-state index contributed by atoms with van der Waals surface area (Å²) in [6, 6.07) is 10.1. The maximum Gasteiger partial charge on any atom is 0.262 e. The van der Waals surface area contributed by atoms with Crippen LogP contribution in [0.4, 0.5) is 5.82 Å². The first kappa shape index (κ1) is 20.8. The van der Waals surface area contributed by atoms with E-state index in [1.54, 1.807) is 16.9 Å². The number of carbonyl (C=O) groups is 1. The maximum absolute atomic E-state index is 13.2. The Morgan fingerprint density at radius 3 is 2.66 bits per heavy atom. The molecule has 0 unspecified atom stereocenters. The van der Waals surface area contributed by atoms with Crippen LogP contribution < -0.4 is 5.32 Å². The van der Waals surface area contributed by atoms with Crippen LogP contribution in [0.5, 0.6) is 0 Å².